The van der Waals surface area contributed by atoms with Crippen LogP contribution in [0.4, 0.5) is 5.69 Å². The molecule has 2 aromatic carbocycles. The Kier molecular flexibility index (Phi) is 4.51. The van der Waals surface area contributed by atoms with E-state index < -0.39 is 6.10 Å². The van der Waals surface area contributed by atoms with Crippen molar-refractivity contribution in [3.05, 3.63) is 59.2 Å². The maximum absolute atomic E-state index is 12.5. The first-order valence-corrected chi connectivity index (χ1v) is 7.83. The van der Waals surface area contributed by atoms with Gasteiger partial charge in [-0.25, -0.2) is 0 Å². The van der Waals surface area contributed by atoms with Crippen molar-refractivity contribution in [2.45, 2.75) is 26.4 Å². The minimum Gasteiger partial charge on any atom is -0.496 e. The fraction of sp³-hybridized carbons (Fsp3) is 0.263. The van der Waals surface area contributed by atoms with Crippen LogP contribution in [0.5, 0.6) is 5.75 Å². The SMILES string of the molecule is COc1ccccc1C1=NOC(C(=O)Nc2c(C)cccc2C)C1. The zero-order valence-corrected chi connectivity index (χ0v) is 14.0. The molecule has 1 aliphatic rings. The third kappa shape index (κ3) is 3.11. The molecule has 2 aromatic rings. The molecule has 0 aromatic heterocycles. The van der Waals surface area contributed by atoms with Gasteiger partial charge in [-0.15, -0.1) is 0 Å². The zero-order valence-electron chi connectivity index (χ0n) is 14.0. The minimum atomic E-state index is -0.635. The summed E-state index contributed by atoms with van der Waals surface area (Å²) in [7, 11) is 1.61. The molecule has 5 nitrogen and oxygen atoms in total. The standard InChI is InChI=1S/C19H20N2O3/c1-12-7-6-8-13(2)18(12)20-19(22)17-11-15(21-24-17)14-9-4-5-10-16(14)23-3/h4-10,17H,11H2,1-3H3,(H,20,22). The molecule has 0 bridgehead atoms. The number of rotatable bonds is 4. The van der Waals surface area contributed by atoms with Gasteiger partial charge in [0.1, 0.15) is 5.75 Å². The highest BCUT2D eigenvalue weighted by Crippen LogP contribution is 2.26. The lowest BCUT2D eigenvalue weighted by atomic mass is 10.0. The summed E-state index contributed by atoms with van der Waals surface area (Å²) in [5.74, 6) is 0.525. The van der Waals surface area contributed by atoms with E-state index in [-0.39, 0.29) is 5.91 Å². The highest BCUT2D eigenvalue weighted by Gasteiger charge is 2.30. The van der Waals surface area contributed by atoms with E-state index in [0.717, 1.165) is 28.1 Å². The Morgan fingerprint density at radius 2 is 1.88 bits per heavy atom. The molecule has 1 N–H and O–H groups in total. The smallest absolute Gasteiger partial charge is 0.268 e. The molecule has 0 saturated heterocycles. The fourth-order valence-corrected chi connectivity index (χ4v) is 2.78. The average molecular weight is 324 g/mol. The van der Waals surface area contributed by atoms with Gasteiger partial charge in [0.05, 0.1) is 12.8 Å². The van der Waals surface area contributed by atoms with Crippen molar-refractivity contribution in [1.29, 1.82) is 0 Å². The number of carbonyl (C=O) groups excluding carboxylic acids is 1. The summed E-state index contributed by atoms with van der Waals surface area (Å²) in [5, 5.41) is 7.03. The molecule has 1 atom stereocenters. The average Bonchev–Trinajstić information content (AvgIpc) is 3.08. The van der Waals surface area contributed by atoms with Crippen LogP contribution in [0.25, 0.3) is 0 Å². The molecule has 124 valence electrons. The molecule has 1 heterocycles. The van der Waals surface area contributed by atoms with Crippen LogP contribution in [-0.4, -0.2) is 24.8 Å². The van der Waals surface area contributed by atoms with E-state index in [0.29, 0.717) is 12.1 Å². The largest absolute Gasteiger partial charge is 0.496 e. The van der Waals surface area contributed by atoms with Crippen molar-refractivity contribution < 1.29 is 14.4 Å². The van der Waals surface area contributed by atoms with Crippen LogP contribution < -0.4 is 10.1 Å². The molecule has 1 amide bonds. The number of anilines is 1. The number of carbonyl (C=O) groups is 1. The maximum atomic E-state index is 12.5. The third-order valence-corrected chi connectivity index (χ3v) is 4.11. The van der Waals surface area contributed by atoms with Gasteiger partial charge in [-0.1, -0.05) is 35.5 Å². The van der Waals surface area contributed by atoms with Gasteiger partial charge in [0, 0.05) is 17.7 Å². The maximum Gasteiger partial charge on any atom is 0.268 e. The topological polar surface area (TPSA) is 59.9 Å². The first-order chi connectivity index (χ1) is 11.6. The predicted molar refractivity (Wildman–Crippen MR) is 93.6 cm³/mol. The number of oxime groups is 1. The monoisotopic (exact) mass is 324 g/mol. The Morgan fingerprint density at radius 1 is 1.17 bits per heavy atom. The Morgan fingerprint density at radius 3 is 2.58 bits per heavy atom. The van der Waals surface area contributed by atoms with E-state index in [9.17, 15) is 4.79 Å². The number of benzene rings is 2. The predicted octanol–water partition coefficient (Wildman–Crippen LogP) is 3.44. The molecular weight excluding hydrogens is 304 g/mol. The summed E-state index contributed by atoms with van der Waals surface area (Å²) in [6.07, 6.45) is -0.221. The van der Waals surface area contributed by atoms with E-state index in [1.54, 1.807) is 7.11 Å². The van der Waals surface area contributed by atoms with Crippen LogP contribution in [0.2, 0.25) is 0 Å². The molecule has 0 radical (unpaired) electrons. The van der Waals surface area contributed by atoms with E-state index >= 15 is 0 Å². The second-order valence-corrected chi connectivity index (χ2v) is 5.79. The number of nitrogens with one attached hydrogen (secondary N) is 1. The number of hydrogen-bond acceptors (Lipinski definition) is 4. The van der Waals surface area contributed by atoms with Crippen LogP contribution in [0, 0.1) is 13.8 Å². The molecule has 1 unspecified atom stereocenters. The lowest BCUT2D eigenvalue weighted by molar-refractivity contribution is -0.125. The highest BCUT2D eigenvalue weighted by molar-refractivity contribution is 6.07. The first-order valence-electron chi connectivity index (χ1n) is 7.83. The summed E-state index contributed by atoms with van der Waals surface area (Å²) in [6, 6.07) is 13.5. The summed E-state index contributed by atoms with van der Waals surface area (Å²) >= 11 is 0. The summed E-state index contributed by atoms with van der Waals surface area (Å²) in [5.41, 5.74) is 4.44. The Labute approximate surface area is 141 Å². The highest BCUT2D eigenvalue weighted by atomic mass is 16.6. The van der Waals surface area contributed by atoms with Crippen LogP contribution in [0.15, 0.2) is 47.6 Å². The summed E-state index contributed by atoms with van der Waals surface area (Å²) < 4.78 is 5.34. The van der Waals surface area contributed by atoms with Crippen LogP contribution in [0.1, 0.15) is 23.1 Å². The van der Waals surface area contributed by atoms with Crippen molar-refractivity contribution in [2.24, 2.45) is 5.16 Å². The lowest BCUT2D eigenvalue weighted by Crippen LogP contribution is -2.28. The van der Waals surface area contributed by atoms with Gasteiger partial charge in [-0.05, 0) is 37.1 Å². The number of para-hydroxylation sites is 2. The Hall–Kier alpha value is -2.82. The molecule has 0 aliphatic carbocycles. The minimum absolute atomic E-state index is 0.193. The van der Waals surface area contributed by atoms with Gasteiger partial charge < -0.3 is 14.9 Å². The number of aryl methyl sites for hydroxylation is 2. The summed E-state index contributed by atoms with van der Waals surface area (Å²) in [6.45, 7) is 3.93. The van der Waals surface area contributed by atoms with Crippen molar-refractivity contribution in [1.82, 2.24) is 0 Å². The third-order valence-electron chi connectivity index (χ3n) is 4.11. The molecule has 0 fully saturated rings. The number of hydrogen-bond donors (Lipinski definition) is 1. The van der Waals surface area contributed by atoms with Crippen molar-refractivity contribution >= 4 is 17.3 Å². The zero-order chi connectivity index (χ0) is 17.1. The van der Waals surface area contributed by atoms with E-state index in [4.69, 9.17) is 9.57 Å². The van der Waals surface area contributed by atoms with Crippen molar-refractivity contribution in [3.63, 3.8) is 0 Å². The van der Waals surface area contributed by atoms with E-state index in [2.05, 4.69) is 10.5 Å². The quantitative estimate of drug-likeness (QED) is 0.937. The molecule has 3 rings (SSSR count). The Balaban J connectivity index is 1.72. The molecule has 0 saturated carbocycles. The normalized spacial score (nSPS) is 16.3. The molecular formula is C19H20N2O3. The van der Waals surface area contributed by atoms with Gasteiger partial charge in [-0.3, -0.25) is 4.79 Å². The molecule has 5 heteroatoms. The van der Waals surface area contributed by atoms with Crippen molar-refractivity contribution in [2.75, 3.05) is 12.4 Å². The Bertz CT molecular complexity index is 779. The fourth-order valence-electron chi connectivity index (χ4n) is 2.78. The van der Waals surface area contributed by atoms with Crippen LogP contribution >= 0.6 is 0 Å². The summed E-state index contributed by atoms with van der Waals surface area (Å²) in [4.78, 5) is 17.9. The van der Waals surface area contributed by atoms with Gasteiger partial charge in [-0.2, -0.15) is 0 Å². The first kappa shape index (κ1) is 16.1. The second-order valence-electron chi connectivity index (χ2n) is 5.79. The van der Waals surface area contributed by atoms with Crippen LogP contribution in [0.3, 0.4) is 0 Å². The molecule has 1 aliphatic heterocycles. The van der Waals surface area contributed by atoms with Crippen molar-refractivity contribution in [3.8, 4) is 5.75 Å². The van der Waals surface area contributed by atoms with Gasteiger partial charge in [0.15, 0.2) is 0 Å². The molecule has 24 heavy (non-hydrogen) atoms. The van der Waals surface area contributed by atoms with Crippen LogP contribution in [-0.2, 0) is 9.63 Å². The lowest BCUT2D eigenvalue weighted by Gasteiger charge is -2.14. The van der Waals surface area contributed by atoms with Gasteiger partial charge in [0.2, 0.25) is 6.10 Å². The van der Waals surface area contributed by atoms with E-state index in [1.807, 2.05) is 56.3 Å². The van der Waals surface area contributed by atoms with Gasteiger partial charge in [0.25, 0.3) is 5.91 Å². The van der Waals surface area contributed by atoms with Gasteiger partial charge >= 0.3 is 0 Å². The number of nitrogens with zero attached hydrogens (tertiary/aromatic N) is 1. The second kappa shape index (κ2) is 6.74. The number of methoxy groups -OCH3 is 1. The number of ether oxygens (including phenoxy) is 1. The number of amides is 1. The van der Waals surface area contributed by atoms with E-state index in [1.165, 1.54) is 0 Å². The molecule has 0 spiro atoms.